The molecule has 2 rings (SSSR count). The summed E-state index contributed by atoms with van der Waals surface area (Å²) in [5, 5.41) is 6.37. The molecule has 0 atom stereocenters. The first kappa shape index (κ1) is 19.7. The predicted octanol–water partition coefficient (Wildman–Crippen LogP) is 2.90. The van der Waals surface area contributed by atoms with Gasteiger partial charge >= 0.3 is 0 Å². The number of hydrogen-bond donors (Lipinski definition) is 2. The summed E-state index contributed by atoms with van der Waals surface area (Å²) >= 11 is 3.35. The number of amides is 1. The number of carbonyl (C=O) groups is 1. The number of carbonyl (C=O) groups excluding carboxylic acids is 1. The predicted molar refractivity (Wildman–Crippen MR) is 102 cm³/mol. The summed E-state index contributed by atoms with van der Waals surface area (Å²) in [5.74, 6) is 0.462. The largest absolute Gasteiger partial charge is 0.355 e. The number of nitrogens with one attached hydrogen (secondary N) is 2. The zero-order valence-corrected chi connectivity index (χ0v) is 16.6. The number of guanidine groups is 1. The van der Waals surface area contributed by atoms with Gasteiger partial charge in [0.25, 0.3) is 0 Å². The molecule has 0 bridgehead atoms. The van der Waals surface area contributed by atoms with E-state index >= 15 is 0 Å². The Balaban J connectivity index is 1.97. The Morgan fingerprint density at radius 2 is 2.00 bits per heavy atom. The van der Waals surface area contributed by atoms with Crippen molar-refractivity contribution in [2.45, 2.75) is 32.2 Å². The molecule has 1 aliphatic rings. The third-order valence-corrected chi connectivity index (χ3v) is 5.19. The van der Waals surface area contributed by atoms with Crippen molar-refractivity contribution in [2.24, 2.45) is 10.4 Å². The van der Waals surface area contributed by atoms with E-state index in [0.717, 1.165) is 30.2 Å². The SMILES string of the molecule is CN=C(NCc1cc(Br)ccc1F)NCC1(C(=O)N(C)C)CCCC1. The van der Waals surface area contributed by atoms with Gasteiger partial charge in [0.1, 0.15) is 5.82 Å². The second kappa shape index (κ2) is 8.65. The van der Waals surface area contributed by atoms with E-state index in [-0.39, 0.29) is 17.1 Å². The fourth-order valence-electron chi connectivity index (χ4n) is 3.32. The van der Waals surface area contributed by atoms with Crippen LogP contribution in [0.1, 0.15) is 31.2 Å². The van der Waals surface area contributed by atoms with Crippen molar-refractivity contribution >= 4 is 27.8 Å². The average molecular weight is 413 g/mol. The van der Waals surface area contributed by atoms with Crippen molar-refractivity contribution in [1.82, 2.24) is 15.5 Å². The molecule has 1 aliphatic carbocycles. The van der Waals surface area contributed by atoms with E-state index in [1.54, 1.807) is 38.2 Å². The number of halogens is 2. The molecule has 1 fully saturated rings. The molecule has 0 radical (unpaired) electrons. The number of hydrogen-bond acceptors (Lipinski definition) is 2. The zero-order chi connectivity index (χ0) is 18.4. The van der Waals surface area contributed by atoms with Crippen LogP contribution in [0.25, 0.3) is 0 Å². The molecular weight excluding hydrogens is 387 g/mol. The average Bonchev–Trinajstić information content (AvgIpc) is 3.07. The van der Waals surface area contributed by atoms with Gasteiger partial charge in [-0.05, 0) is 31.0 Å². The molecular formula is C18H26BrFN4O. The summed E-state index contributed by atoms with van der Waals surface area (Å²) in [6.07, 6.45) is 3.90. The van der Waals surface area contributed by atoms with Crippen LogP contribution in [-0.4, -0.2) is 44.5 Å². The van der Waals surface area contributed by atoms with Crippen LogP contribution in [0.5, 0.6) is 0 Å². The van der Waals surface area contributed by atoms with Gasteiger partial charge in [0.05, 0.1) is 5.41 Å². The Morgan fingerprint density at radius 1 is 1.32 bits per heavy atom. The van der Waals surface area contributed by atoms with Gasteiger partial charge in [-0.1, -0.05) is 28.8 Å². The van der Waals surface area contributed by atoms with Gasteiger partial charge in [-0.3, -0.25) is 9.79 Å². The van der Waals surface area contributed by atoms with Crippen LogP contribution >= 0.6 is 15.9 Å². The first-order valence-electron chi connectivity index (χ1n) is 8.48. The van der Waals surface area contributed by atoms with Crippen molar-refractivity contribution in [3.8, 4) is 0 Å². The van der Waals surface area contributed by atoms with Crippen LogP contribution in [0.15, 0.2) is 27.7 Å². The highest BCUT2D eigenvalue weighted by Gasteiger charge is 2.42. The summed E-state index contributed by atoms with van der Waals surface area (Å²) in [5.41, 5.74) is 0.180. The number of benzene rings is 1. The molecule has 5 nitrogen and oxygen atoms in total. The van der Waals surface area contributed by atoms with Gasteiger partial charge in [-0.2, -0.15) is 0 Å². The highest BCUT2D eigenvalue weighted by Crippen LogP contribution is 2.38. The molecule has 1 aromatic carbocycles. The van der Waals surface area contributed by atoms with E-state index < -0.39 is 0 Å². The van der Waals surface area contributed by atoms with Gasteiger partial charge < -0.3 is 15.5 Å². The lowest BCUT2D eigenvalue weighted by Crippen LogP contribution is -2.49. The van der Waals surface area contributed by atoms with Crippen LogP contribution in [-0.2, 0) is 11.3 Å². The minimum atomic E-state index is -0.373. The molecule has 1 saturated carbocycles. The Hall–Kier alpha value is -1.63. The summed E-state index contributed by atoms with van der Waals surface area (Å²) in [6, 6.07) is 4.84. The second-order valence-electron chi connectivity index (χ2n) is 6.70. The lowest BCUT2D eigenvalue weighted by atomic mass is 9.84. The monoisotopic (exact) mass is 412 g/mol. The summed E-state index contributed by atoms with van der Waals surface area (Å²) in [4.78, 5) is 18.5. The topological polar surface area (TPSA) is 56.7 Å². The maximum Gasteiger partial charge on any atom is 0.230 e. The molecule has 7 heteroatoms. The van der Waals surface area contributed by atoms with Gasteiger partial charge in [0.2, 0.25) is 5.91 Å². The second-order valence-corrected chi connectivity index (χ2v) is 7.62. The van der Waals surface area contributed by atoms with Crippen molar-refractivity contribution in [2.75, 3.05) is 27.7 Å². The normalized spacial score (nSPS) is 16.6. The van der Waals surface area contributed by atoms with Crippen LogP contribution < -0.4 is 10.6 Å². The Bertz CT molecular complexity index is 642. The van der Waals surface area contributed by atoms with Crippen molar-refractivity contribution in [3.05, 3.63) is 34.1 Å². The Morgan fingerprint density at radius 3 is 2.60 bits per heavy atom. The number of nitrogens with zero attached hydrogens (tertiary/aromatic N) is 2. The number of aliphatic imine (C=N–C) groups is 1. The molecule has 25 heavy (non-hydrogen) atoms. The summed E-state index contributed by atoms with van der Waals surface area (Å²) in [7, 11) is 5.26. The Kier molecular flexibility index (Phi) is 6.81. The third-order valence-electron chi connectivity index (χ3n) is 4.69. The highest BCUT2D eigenvalue weighted by atomic mass is 79.9. The molecule has 0 heterocycles. The highest BCUT2D eigenvalue weighted by molar-refractivity contribution is 9.10. The van der Waals surface area contributed by atoms with Gasteiger partial charge in [0, 0.05) is 44.3 Å². The number of rotatable bonds is 5. The van der Waals surface area contributed by atoms with Crippen LogP contribution in [0.2, 0.25) is 0 Å². The fourth-order valence-corrected chi connectivity index (χ4v) is 3.73. The molecule has 138 valence electrons. The van der Waals surface area contributed by atoms with Crippen molar-refractivity contribution < 1.29 is 9.18 Å². The molecule has 1 aromatic rings. The Labute approximate surface area is 157 Å². The quantitative estimate of drug-likeness (QED) is 0.577. The summed E-state index contributed by atoms with van der Waals surface area (Å²) < 4.78 is 14.7. The van der Waals surface area contributed by atoms with Crippen LogP contribution in [0, 0.1) is 11.2 Å². The molecule has 0 saturated heterocycles. The fraction of sp³-hybridized carbons (Fsp3) is 0.556. The van der Waals surface area contributed by atoms with Gasteiger partial charge in [0.15, 0.2) is 5.96 Å². The lowest BCUT2D eigenvalue weighted by molar-refractivity contribution is -0.138. The molecule has 1 amide bonds. The van der Waals surface area contributed by atoms with E-state index in [4.69, 9.17) is 0 Å². The summed E-state index contributed by atoms with van der Waals surface area (Å²) in [6.45, 7) is 0.851. The smallest absolute Gasteiger partial charge is 0.230 e. The molecule has 0 aliphatic heterocycles. The van der Waals surface area contributed by atoms with E-state index in [9.17, 15) is 9.18 Å². The van der Waals surface area contributed by atoms with E-state index in [2.05, 4.69) is 31.6 Å². The van der Waals surface area contributed by atoms with E-state index in [1.165, 1.54) is 6.07 Å². The van der Waals surface area contributed by atoms with E-state index in [0.29, 0.717) is 24.6 Å². The van der Waals surface area contributed by atoms with Crippen LogP contribution in [0.3, 0.4) is 0 Å². The molecule has 0 spiro atoms. The standard InChI is InChI=1S/C18H26BrFN4O/c1-21-17(22-11-13-10-14(19)6-7-15(13)20)23-12-18(8-4-5-9-18)16(25)24(2)3/h6-7,10H,4-5,8-9,11-12H2,1-3H3,(H2,21,22,23). The minimum Gasteiger partial charge on any atom is -0.355 e. The van der Waals surface area contributed by atoms with Gasteiger partial charge in [-0.25, -0.2) is 4.39 Å². The van der Waals surface area contributed by atoms with Crippen LogP contribution in [0.4, 0.5) is 4.39 Å². The minimum absolute atomic E-state index is 0.158. The first-order chi connectivity index (χ1) is 11.9. The molecule has 2 N–H and O–H groups in total. The zero-order valence-electron chi connectivity index (χ0n) is 15.0. The van der Waals surface area contributed by atoms with Crippen molar-refractivity contribution in [1.29, 1.82) is 0 Å². The maximum absolute atomic E-state index is 13.8. The van der Waals surface area contributed by atoms with Crippen molar-refractivity contribution in [3.63, 3.8) is 0 Å². The molecule has 0 aromatic heterocycles. The van der Waals surface area contributed by atoms with Gasteiger partial charge in [-0.15, -0.1) is 0 Å². The maximum atomic E-state index is 13.8. The van der Waals surface area contributed by atoms with E-state index in [1.807, 2.05) is 0 Å². The third kappa shape index (κ3) is 4.93. The molecule has 0 unspecified atom stereocenters. The first-order valence-corrected chi connectivity index (χ1v) is 9.27. The lowest BCUT2D eigenvalue weighted by Gasteiger charge is -2.31.